The second-order valence-corrected chi connectivity index (χ2v) is 6.29. The predicted molar refractivity (Wildman–Crippen MR) is 77.3 cm³/mol. The third-order valence-corrected chi connectivity index (χ3v) is 4.50. The van der Waals surface area contributed by atoms with Crippen LogP contribution < -0.4 is 4.72 Å². The summed E-state index contributed by atoms with van der Waals surface area (Å²) in [7, 11) is -3.98. The van der Waals surface area contributed by atoms with E-state index < -0.39 is 15.9 Å². The molecule has 6 heteroatoms. The fourth-order valence-electron chi connectivity index (χ4n) is 1.60. The Balaban J connectivity index is 2.27. The van der Waals surface area contributed by atoms with Gasteiger partial charge < -0.3 is 0 Å². The molecule has 1 N–H and O–H groups in total. The van der Waals surface area contributed by atoms with E-state index in [2.05, 4.69) is 0 Å². The molecule has 20 heavy (non-hydrogen) atoms. The Morgan fingerprint density at radius 3 is 2.25 bits per heavy atom. The third kappa shape index (κ3) is 3.18. The lowest BCUT2D eigenvalue weighted by Crippen LogP contribution is -2.30. The smallest absolute Gasteiger partial charge is 0.265 e. The van der Waals surface area contributed by atoms with Crippen LogP contribution in [0.2, 0.25) is 5.02 Å². The summed E-state index contributed by atoms with van der Waals surface area (Å²) in [4.78, 5) is 11.8. The molecule has 0 aliphatic rings. The summed E-state index contributed by atoms with van der Waals surface area (Å²) in [5.41, 5.74) is 1.25. The Bertz CT molecular complexity index is 739. The van der Waals surface area contributed by atoms with Gasteiger partial charge in [-0.25, -0.2) is 13.1 Å². The van der Waals surface area contributed by atoms with Gasteiger partial charge in [0.15, 0.2) is 0 Å². The Hall–Kier alpha value is -1.85. The number of halogens is 1. The van der Waals surface area contributed by atoms with E-state index in [9.17, 15) is 13.2 Å². The first-order valence-electron chi connectivity index (χ1n) is 5.78. The lowest BCUT2D eigenvalue weighted by atomic mass is 10.1. The van der Waals surface area contributed by atoms with Crippen molar-refractivity contribution >= 4 is 27.5 Å². The number of sulfonamides is 1. The van der Waals surface area contributed by atoms with E-state index in [1.54, 1.807) is 30.3 Å². The largest absolute Gasteiger partial charge is 0.268 e. The van der Waals surface area contributed by atoms with Gasteiger partial charge in [-0.15, -0.1) is 0 Å². The molecule has 4 nitrogen and oxygen atoms in total. The first-order valence-corrected chi connectivity index (χ1v) is 7.64. The van der Waals surface area contributed by atoms with Crippen molar-refractivity contribution in [1.82, 2.24) is 4.72 Å². The van der Waals surface area contributed by atoms with E-state index in [0.29, 0.717) is 0 Å². The topological polar surface area (TPSA) is 63.2 Å². The molecule has 0 heterocycles. The van der Waals surface area contributed by atoms with Crippen molar-refractivity contribution in [1.29, 1.82) is 0 Å². The van der Waals surface area contributed by atoms with E-state index in [0.717, 1.165) is 5.56 Å². The maximum Gasteiger partial charge on any atom is 0.265 e. The predicted octanol–water partition coefficient (Wildman–Crippen LogP) is 2.77. The molecule has 2 aromatic carbocycles. The fourth-order valence-corrected chi connectivity index (χ4v) is 3.10. The molecule has 104 valence electrons. The van der Waals surface area contributed by atoms with Crippen LogP contribution in [0, 0.1) is 6.92 Å². The number of nitrogens with one attached hydrogen (secondary N) is 1. The summed E-state index contributed by atoms with van der Waals surface area (Å²) in [6.07, 6.45) is 0. The molecule has 0 spiro atoms. The second-order valence-electron chi connectivity index (χ2n) is 4.23. The average Bonchev–Trinajstić information content (AvgIpc) is 2.39. The molecule has 2 aromatic rings. The van der Waals surface area contributed by atoms with Gasteiger partial charge in [-0.3, -0.25) is 4.79 Å². The molecule has 0 aliphatic carbocycles. The van der Waals surface area contributed by atoms with Crippen LogP contribution in [0.3, 0.4) is 0 Å². The first kappa shape index (κ1) is 14.6. The molecule has 0 aromatic heterocycles. The summed E-state index contributed by atoms with van der Waals surface area (Å²) in [6.45, 7) is 1.88. The molecule has 0 atom stereocenters. The summed E-state index contributed by atoms with van der Waals surface area (Å²) in [5.74, 6) is -0.690. The summed E-state index contributed by atoms with van der Waals surface area (Å²) in [5, 5.41) is 0.0664. The fraction of sp³-hybridized carbons (Fsp3) is 0.0714. The van der Waals surface area contributed by atoms with Crippen molar-refractivity contribution in [3.63, 3.8) is 0 Å². The lowest BCUT2D eigenvalue weighted by molar-refractivity contribution is 0.0981. The molecule has 0 saturated carbocycles. The minimum absolute atomic E-state index is 0.0664. The van der Waals surface area contributed by atoms with Gasteiger partial charge in [0.05, 0.1) is 5.02 Å². The highest BCUT2D eigenvalue weighted by molar-refractivity contribution is 7.90. The molecule has 0 radical (unpaired) electrons. The van der Waals surface area contributed by atoms with Crippen LogP contribution in [0.4, 0.5) is 0 Å². The molecule has 0 unspecified atom stereocenters. The van der Waals surface area contributed by atoms with Crippen LogP contribution in [0.15, 0.2) is 53.4 Å². The summed E-state index contributed by atoms with van der Waals surface area (Å²) in [6, 6.07) is 12.5. The molecular formula is C14H12ClNO3S. The van der Waals surface area contributed by atoms with Gasteiger partial charge in [-0.2, -0.15) is 0 Å². The molecular weight excluding hydrogens is 298 g/mol. The van der Waals surface area contributed by atoms with Crippen molar-refractivity contribution in [2.75, 3.05) is 0 Å². The van der Waals surface area contributed by atoms with Gasteiger partial charge in [0.1, 0.15) is 4.90 Å². The van der Waals surface area contributed by atoms with Crippen molar-refractivity contribution in [3.05, 3.63) is 64.7 Å². The first-order chi connectivity index (χ1) is 9.40. The average molecular weight is 310 g/mol. The lowest BCUT2D eigenvalue weighted by Gasteiger charge is -2.08. The van der Waals surface area contributed by atoms with E-state index in [1.807, 2.05) is 11.6 Å². The number of hydrogen-bond acceptors (Lipinski definition) is 3. The van der Waals surface area contributed by atoms with Crippen molar-refractivity contribution in [2.45, 2.75) is 11.8 Å². The number of benzene rings is 2. The standard InChI is InChI=1S/C14H12ClNO3S/c1-10-6-8-11(9-7-10)14(17)16-20(18,19)13-5-3-2-4-12(13)15/h2-9H,1H3,(H,16,17). The number of aryl methyl sites for hydroxylation is 1. The molecule has 0 aliphatic heterocycles. The number of carbonyl (C=O) groups is 1. The zero-order valence-electron chi connectivity index (χ0n) is 10.6. The molecule has 0 bridgehead atoms. The molecule has 0 fully saturated rings. The Kier molecular flexibility index (Phi) is 4.11. The van der Waals surface area contributed by atoms with Crippen LogP contribution in [0.5, 0.6) is 0 Å². The van der Waals surface area contributed by atoms with Crippen molar-refractivity contribution < 1.29 is 13.2 Å². The highest BCUT2D eigenvalue weighted by Gasteiger charge is 2.20. The third-order valence-electron chi connectivity index (χ3n) is 2.67. The van der Waals surface area contributed by atoms with Gasteiger partial charge in [0, 0.05) is 5.56 Å². The van der Waals surface area contributed by atoms with Gasteiger partial charge in [-0.1, -0.05) is 41.4 Å². The highest BCUT2D eigenvalue weighted by atomic mass is 35.5. The van der Waals surface area contributed by atoms with Crippen LogP contribution in [0.1, 0.15) is 15.9 Å². The highest BCUT2D eigenvalue weighted by Crippen LogP contribution is 2.20. The SMILES string of the molecule is Cc1ccc(C(=O)NS(=O)(=O)c2ccccc2Cl)cc1. The Labute approximate surface area is 122 Å². The van der Waals surface area contributed by atoms with Gasteiger partial charge in [0.2, 0.25) is 0 Å². The van der Waals surface area contributed by atoms with Crippen LogP contribution in [-0.2, 0) is 10.0 Å². The number of carbonyl (C=O) groups excluding carboxylic acids is 1. The van der Waals surface area contributed by atoms with E-state index in [1.165, 1.54) is 18.2 Å². The molecule has 1 amide bonds. The van der Waals surface area contributed by atoms with Gasteiger partial charge in [-0.05, 0) is 31.2 Å². The van der Waals surface area contributed by atoms with Crippen LogP contribution >= 0.6 is 11.6 Å². The van der Waals surface area contributed by atoms with Gasteiger partial charge >= 0.3 is 0 Å². The zero-order chi connectivity index (χ0) is 14.8. The van der Waals surface area contributed by atoms with Crippen molar-refractivity contribution in [3.8, 4) is 0 Å². The Morgan fingerprint density at radius 2 is 1.65 bits per heavy atom. The summed E-state index contributed by atoms with van der Waals surface area (Å²) >= 11 is 5.83. The quantitative estimate of drug-likeness (QED) is 0.948. The maximum absolute atomic E-state index is 12.1. The Morgan fingerprint density at radius 1 is 1.05 bits per heavy atom. The molecule has 0 saturated heterocycles. The van der Waals surface area contributed by atoms with Crippen LogP contribution in [-0.4, -0.2) is 14.3 Å². The number of rotatable bonds is 3. The van der Waals surface area contributed by atoms with Crippen molar-refractivity contribution in [2.24, 2.45) is 0 Å². The summed E-state index contributed by atoms with van der Waals surface area (Å²) < 4.78 is 26.2. The van der Waals surface area contributed by atoms with E-state index >= 15 is 0 Å². The molecule has 2 rings (SSSR count). The van der Waals surface area contributed by atoms with Gasteiger partial charge in [0.25, 0.3) is 15.9 Å². The normalized spacial score (nSPS) is 11.1. The number of hydrogen-bond donors (Lipinski definition) is 1. The zero-order valence-corrected chi connectivity index (χ0v) is 12.2. The minimum atomic E-state index is -3.98. The van der Waals surface area contributed by atoms with E-state index in [-0.39, 0.29) is 15.5 Å². The van der Waals surface area contributed by atoms with E-state index in [4.69, 9.17) is 11.6 Å². The maximum atomic E-state index is 12.1. The monoisotopic (exact) mass is 309 g/mol. The minimum Gasteiger partial charge on any atom is -0.268 e. The van der Waals surface area contributed by atoms with Crippen LogP contribution in [0.25, 0.3) is 0 Å². The second kappa shape index (κ2) is 5.64. The number of amides is 1.